The van der Waals surface area contributed by atoms with Crippen LogP contribution in [-0.2, 0) is 15.3 Å². The number of benzene rings is 1. The van der Waals surface area contributed by atoms with Crippen molar-refractivity contribution in [1.29, 1.82) is 21.2 Å². The highest BCUT2D eigenvalue weighted by atomic mass is 16.7. The van der Waals surface area contributed by atoms with Gasteiger partial charge in [0.2, 0.25) is 11.7 Å². The Balaban J connectivity index is 2.02. The van der Waals surface area contributed by atoms with Gasteiger partial charge in [-0.05, 0) is 30.7 Å². The summed E-state index contributed by atoms with van der Waals surface area (Å²) in [6, 6.07) is 13.4. The lowest BCUT2D eigenvalue weighted by atomic mass is 9.53. The molecule has 2 aliphatic rings. The molecule has 2 saturated heterocycles. The molecule has 0 spiro atoms. The van der Waals surface area contributed by atoms with Gasteiger partial charge < -0.3 is 14.2 Å². The highest BCUT2D eigenvalue weighted by Gasteiger charge is 2.79. The number of ether oxygens (including phenoxy) is 3. The van der Waals surface area contributed by atoms with Crippen molar-refractivity contribution in [3.63, 3.8) is 0 Å². The predicted octanol–water partition coefficient (Wildman–Crippen LogP) is 5.18. The summed E-state index contributed by atoms with van der Waals surface area (Å²) in [7, 11) is 1.57. The standard InChI is InChI=1S/C25H30N4O3/c1-4-5-6-7-8-9-10-21-23(15-26,16-27)24(17-28)18(2)25(31-21,32-22(24)29)19-11-13-20(30-3)14-12-19/h11-14,18,21,29H,4-10H2,1-3H3. The molecule has 1 aromatic rings. The minimum Gasteiger partial charge on any atom is -0.497 e. The maximum atomic E-state index is 10.3. The number of rotatable bonds is 9. The summed E-state index contributed by atoms with van der Waals surface area (Å²) < 4.78 is 17.7. The average Bonchev–Trinajstić information content (AvgIpc) is 2.98. The van der Waals surface area contributed by atoms with E-state index in [9.17, 15) is 15.8 Å². The second kappa shape index (κ2) is 9.19. The van der Waals surface area contributed by atoms with Crippen molar-refractivity contribution in [1.82, 2.24) is 0 Å². The van der Waals surface area contributed by atoms with Crippen LogP contribution in [0.25, 0.3) is 0 Å². The number of nitrogens with zero attached hydrogens (tertiary/aromatic N) is 3. The first-order valence-corrected chi connectivity index (χ1v) is 11.3. The molecule has 0 aliphatic carbocycles. The van der Waals surface area contributed by atoms with Gasteiger partial charge in [-0.1, -0.05) is 52.4 Å². The van der Waals surface area contributed by atoms with Gasteiger partial charge in [-0.3, -0.25) is 5.41 Å². The van der Waals surface area contributed by atoms with Gasteiger partial charge in [-0.15, -0.1) is 0 Å². The van der Waals surface area contributed by atoms with Crippen LogP contribution in [-0.4, -0.2) is 19.1 Å². The zero-order valence-corrected chi connectivity index (χ0v) is 19.0. The van der Waals surface area contributed by atoms with Gasteiger partial charge in [-0.25, -0.2) is 0 Å². The number of nitrogens with one attached hydrogen (secondary N) is 1. The number of unbranched alkanes of at least 4 members (excludes halogenated alkanes) is 5. The Bertz CT molecular complexity index is 957. The van der Waals surface area contributed by atoms with E-state index in [1.807, 2.05) is 0 Å². The van der Waals surface area contributed by atoms with E-state index >= 15 is 0 Å². The van der Waals surface area contributed by atoms with Gasteiger partial charge in [0.05, 0.1) is 37.3 Å². The number of methoxy groups -OCH3 is 1. The van der Waals surface area contributed by atoms with Gasteiger partial charge >= 0.3 is 0 Å². The van der Waals surface area contributed by atoms with Crippen LogP contribution in [0, 0.1) is 56.2 Å². The van der Waals surface area contributed by atoms with Crippen molar-refractivity contribution < 1.29 is 14.2 Å². The molecule has 0 radical (unpaired) electrons. The van der Waals surface area contributed by atoms with Crippen LogP contribution in [0.3, 0.4) is 0 Å². The smallest absolute Gasteiger partial charge is 0.243 e. The molecule has 32 heavy (non-hydrogen) atoms. The molecule has 2 aliphatic heterocycles. The van der Waals surface area contributed by atoms with Crippen LogP contribution in [0.5, 0.6) is 5.75 Å². The first kappa shape index (κ1) is 23.6. The van der Waals surface area contributed by atoms with Crippen LogP contribution in [0.4, 0.5) is 0 Å². The molecule has 4 atom stereocenters. The Labute approximate surface area is 190 Å². The van der Waals surface area contributed by atoms with Crippen molar-refractivity contribution in [3.8, 4) is 24.0 Å². The SMILES string of the molecule is CCCCCCCCC1OC2(c3ccc(OC)cc3)OC(=N)C(C#N)(C2C)C1(C#N)C#N. The molecule has 7 nitrogen and oxygen atoms in total. The third kappa shape index (κ3) is 3.22. The summed E-state index contributed by atoms with van der Waals surface area (Å²) in [5.74, 6) is -1.87. The molecule has 2 fully saturated rings. The van der Waals surface area contributed by atoms with E-state index in [4.69, 9.17) is 19.6 Å². The van der Waals surface area contributed by atoms with Gasteiger partial charge in [0.15, 0.2) is 10.8 Å². The number of nitriles is 3. The predicted molar refractivity (Wildman–Crippen MR) is 117 cm³/mol. The van der Waals surface area contributed by atoms with Crippen molar-refractivity contribution in [2.45, 2.75) is 70.7 Å². The lowest BCUT2D eigenvalue weighted by Crippen LogP contribution is -2.60. The minimum absolute atomic E-state index is 0.378. The molecule has 0 amide bonds. The van der Waals surface area contributed by atoms with E-state index < -0.39 is 28.6 Å². The molecular formula is C25H30N4O3. The van der Waals surface area contributed by atoms with Crippen molar-refractivity contribution in [2.75, 3.05) is 7.11 Å². The van der Waals surface area contributed by atoms with E-state index in [0.717, 1.165) is 32.1 Å². The van der Waals surface area contributed by atoms with E-state index in [1.54, 1.807) is 38.3 Å². The Morgan fingerprint density at radius 2 is 1.62 bits per heavy atom. The Morgan fingerprint density at radius 1 is 1.00 bits per heavy atom. The lowest BCUT2D eigenvalue weighted by Gasteiger charge is -2.48. The van der Waals surface area contributed by atoms with Crippen LogP contribution >= 0.6 is 0 Å². The monoisotopic (exact) mass is 434 g/mol. The first-order valence-electron chi connectivity index (χ1n) is 11.3. The Hall–Kier alpha value is -3.08. The van der Waals surface area contributed by atoms with E-state index in [2.05, 4.69) is 25.1 Å². The quantitative estimate of drug-likeness (QED) is 0.534. The summed E-state index contributed by atoms with van der Waals surface area (Å²) in [4.78, 5) is 0. The molecule has 168 valence electrons. The van der Waals surface area contributed by atoms with Crippen LogP contribution in [0.1, 0.15) is 64.4 Å². The topological polar surface area (TPSA) is 123 Å². The minimum atomic E-state index is -1.83. The fourth-order valence-corrected chi connectivity index (χ4v) is 5.17. The number of hydrogen-bond acceptors (Lipinski definition) is 7. The molecule has 2 bridgehead atoms. The van der Waals surface area contributed by atoms with Gasteiger partial charge in [0, 0.05) is 5.56 Å². The lowest BCUT2D eigenvalue weighted by molar-refractivity contribution is -0.286. The van der Waals surface area contributed by atoms with Gasteiger partial charge in [-0.2, -0.15) is 15.8 Å². The van der Waals surface area contributed by atoms with Crippen molar-refractivity contribution in [3.05, 3.63) is 29.8 Å². The normalized spacial score (nSPS) is 29.9. The largest absolute Gasteiger partial charge is 0.497 e. The number of fused-ring (bicyclic) bond motifs is 2. The van der Waals surface area contributed by atoms with Crippen LogP contribution in [0.15, 0.2) is 24.3 Å². The van der Waals surface area contributed by atoms with Gasteiger partial charge in [0.1, 0.15) is 5.75 Å². The molecule has 7 heteroatoms. The Kier molecular flexibility index (Phi) is 6.77. The third-order valence-corrected chi connectivity index (χ3v) is 7.10. The maximum Gasteiger partial charge on any atom is 0.243 e. The summed E-state index contributed by atoms with van der Waals surface area (Å²) in [6.45, 7) is 3.88. The van der Waals surface area contributed by atoms with Crippen LogP contribution < -0.4 is 4.74 Å². The zero-order valence-electron chi connectivity index (χ0n) is 19.0. The highest BCUT2D eigenvalue weighted by molar-refractivity contribution is 5.89. The zero-order chi connectivity index (χ0) is 23.4. The van der Waals surface area contributed by atoms with E-state index in [1.165, 1.54) is 6.42 Å². The summed E-state index contributed by atoms with van der Waals surface area (Å²) in [5.41, 5.74) is -2.92. The summed E-state index contributed by atoms with van der Waals surface area (Å²) in [5, 5.41) is 39.3. The molecule has 0 aromatic heterocycles. The molecule has 1 N–H and O–H groups in total. The number of hydrogen-bond donors (Lipinski definition) is 1. The van der Waals surface area contributed by atoms with Crippen molar-refractivity contribution in [2.24, 2.45) is 16.7 Å². The molecule has 3 rings (SSSR count). The van der Waals surface area contributed by atoms with Gasteiger partial charge in [0.25, 0.3) is 0 Å². The average molecular weight is 435 g/mol. The third-order valence-electron chi connectivity index (χ3n) is 7.10. The molecule has 1 aromatic carbocycles. The Morgan fingerprint density at radius 3 is 2.19 bits per heavy atom. The molecule has 4 unspecified atom stereocenters. The molecular weight excluding hydrogens is 404 g/mol. The summed E-state index contributed by atoms with van der Waals surface area (Å²) in [6.07, 6.45) is 5.86. The fourth-order valence-electron chi connectivity index (χ4n) is 5.17. The van der Waals surface area contributed by atoms with E-state index in [-0.39, 0.29) is 5.90 Å². The second-order valence-corrected chi connectivity index (χ2v) is 8.66. The molecule has 2 heterocycles. The van der Waals surface area contributed by atoms with E-state index in [0.29, 0.717) is 17.7 Å². The second-order valence-electron chi connectivity index (χ2n) is 8.66. The van der Waals surface area contributed by atoms with Crippen LogP contribution in [0.2, 0.25) is 0 Å². The van der Waals surface area contributed by atoms with Crippen molar-refractivity contribution >= 4 is 5.90 Å². The molecule has 0 saturated carbocycles. The fraction of sp³-hybridized carbons (Fsp3) is 0.600. The maximum absolute atomic E-state index is 10.3. The first-order chi connectivity index (χ1) is 15.4. The highest BCUT2D eigenvalue weighted by Crippen LogP contribution is 2.66. The summed E-state index contributed by atoms with van der Waals surface area (Å²) >= 11 is 0.